The molecule has 0 aliphatic rings. The molecule has 0 bridgehead atoms. The molecule has 1 atom stereocenters. The van der Waals surface area contributed by atoms with Gasteiger partial charge in [0.1, 0.15) is 11.8 Å². The standard InChI is InChI=1S/C14H19N3O3/c1-9(2)17-13(11(19-3)8-15-17)14(18)10-6-5-7-12(16-10)20-4/h5-9,14,18H,1-4H3. The zero-order valence-electron chi connectivity index (χ0n) is 12.1. The van der Waals surface area contributed by atoms with Crippen LogP contribution in [0.15, 0.2) is 24.4 Å². The summed E-state index contributed by atoms with van der Waals surface area (Å²) in [5, 5.41) is 14.8. The van der Waals surface area contributed by atoms with Gasteiger partial charge in [0.2, 0.25) is 5.88 Å². The lowest BCUT2D eigenvalue weighted by atomic mass is 10.1. The highest BCUT2D eigenvalue weighted by Gasteiger charge is 2.24. The first-order valence-electron chi connectivity index (χ1n) is 6.38. The minimum Gasteiger partial charge on any atom is -0.493 e. The van der Waals surface area contributed by atoms with E-state index in [1.165, 1.54) is 7.11 Å². The van der Waals surface area contributed by atoms with Gasteiger partial charge in [-0.1, -0.05) is 6.07 Å². The predicted molar refractivity (Wildman–Crippen MR) is 74.0 cm³/mol. The maximum Gasteiger partial charge on any atom is 0.213 e. The van der Waals surface area contributed by atoms with Gasteiger partial charge >= 0.3 is 0 Å². The Morgan fingerprint density at radius 3 is 2.55 bits per heavy atom. The first-order valence-corrected chi connectivity index (χ1v) is 6.38. The van der Waals surface area contributed by atoms with Crippen LogP contribution >= 0.6 is 0 Å². The molecule has 108 valence electrons. The highest BCUT2D eigenvalue weighted by molar-refractivity contribution is 5.33. The van der Waals surface area contributed by atoms with Crippen LogP contribution in [0.2, 0.25) is 0 Å². The smallest absolute Gasteiger partial charge is 0.213 e. The molecule has 0 saturated carbocycles. The predicted octanol–water partition coefficient (Wildman–Crippen LogP) is 1.96. The van der Waals surface area contributed by atoms with Crippen molar-refractivity contribution in [3.63, 3.8) is 0 Å². The van der Waals surface area contributed by atoms with Gasteiger partial charge in [-0.25, -0.2) is 4.98 Å². The normalized spacial score (nSPS) is 12.5. The van der Waals surface area contributed by atoms with E-state index in [0.29, 0.717) is 23.0 Å². The van der Waals surface area contributed by atoms with Crippen LogP contribution in [0, 0.1) is 0 Å². The molecule has 6 heteroatoms. The summed E-state index contributed by atoms with van der Waals surface area (Å²) in [6, 6.07) is 5.36. The minimum absolute atomic E-state index is 0.106. The molecule has 2 rings (SSSR count). The van der Waals surface area contributed by atoms with Crippen molar-refractivity contribution >= 4 is 0 Å². The second-order valence-electron chi connectivity index (χ2n) is 4.64. The molecule has 2 aromatic rings. The van der Waals surface area contributed by atoms with Crippen LogP contribution in [0.5, 0.6) is 11.6 Å². The summed E-state index contributed by atoms with van der Waals surface area (Å²) in [5.74, 6) is 0.993. The number of pyridine rings is 1. The van der Waals surface area contributed by atoms with Crippen molar-refractivity contribution in [1.82, 2.24) is 14.8 Å². The second-order valence-corrected chi connectivity index (χ2v) is 4.64. The van der Waals surface area contributed by atoms with Crippen molar-refractivity contribution < 1.29 is 14.6 Å². The van der Waals surface area contributed by atoms with Crippen LogP contribution in [0.1, 0.15) is 37.4 Å². The Labute approximate surface area is 118 Å². The molecule has 0 saturated heterocycles. The van der Waals surface area contributed by atoms with E-state index in [-0.39, 0.29) is 6.04 Å². The maximum absolute atomic E-state index is 10.6. The average molecular weight is 277 g/mol. The number of nitrogens with zero attached hydrogens (tertiary/aromatic N) is 3. The van der Waals surface area contributed by atoms with Crippen LogP contribution in [-0.4, -0.2) is 34.1 Å². The Balaban J connectivity index is 2.46. The summed E-state index contributed by atoms with van der Waals surface area (Å²) in [7, 11) is 3.09. The number of hydrogen-bond donors (Lipinski definition) is 1. The number of aromatic nitrogens is 3. The average Bonchev–Trinajstić information content (AvgIpc) is 2.90. The van der Waals surface area contributed by atoms with Crippen LogP contribution in [-0.2, 0) is 0 Å². The van der Waals surface area contributed by atoms with Crippen molar-refractivity contribution in [3.05, 3.63) is 35.8 Å². The monoisotopic (exact) mass is 277 g/mol. The summed E-state index contributed by atoms with van der Waals surface area (Å²) < 4.78 is 12.1. The Bertz CT molecular complexity index is 581. The van der Waals surface area contributed by atoms with E-state index in [0.717, 1.165) is 0 Å². The molecule has 20 heavy (non-hydrogen) atoms. The number of aliphatic hydroxyl groups excluding tert-OH is 1. The van der Waals surface area contributed by atoms with E-state index < -0.39 is 6.10 Å². The molecule has 0 amide bonds. The molecule has 0 aromatic carbocycles. The molecule has 0 aliphatic carbocycles. The van der Waals surface area contributed by atoms with Gasteiger partial charge in [0.25, 0.3) is 0 Å². The highest BCUT2D eigenvalue weighted by Crippen LogP contribution is 2.31. The van der Waals surface area contributed by atoms with Gasteiger partial charge in [-0.2, -0.15) is 5.10 Å². The van der Waals surface area contributed by atoms with Crippen molar-refractivity contribution in [1.29, 1.82) is 0 Å². The highest BCUT2D eigenvalue weighted by atomic mass is 16.5. The van der Waals surface area contributed by atoms with E-state index in [1.807, 2.05) is 13.8 Å². The Hall–Kier alpha value is -2.08. The fraction of sp³-hybridized carbons (Fsp3) is 0.429. The van der Waals surface area contributed by atoms with E-state index in [1.54, 1.807) is 36.2 Å². The number of methoxy groups -OCH3 is 2. The Morgan fingerprint density at radius 1 is 1.20 bits per heavy atom. The molecule has 0 aliphatic heterocycles. The van der Waals surface area contributed by atoms with Gasteiger partial charge in [0, 0.05) is 12.1 Å². The van der Waals surface area contributed by atoms with Gasteiger partial charge in [-0.15, -0.1) is 0 Å². The third kappa shape index (κ3) is 2.60. The van der Waals surface area contributed by atoms with Crippen molar-refractivity contribution in [3.8, 4) is 11.6 Å². The molecule has 1 N–H and O–H groups in total. The zero-order chi connectivity index (χ0) is 14.7. The number of ether oxygens (including phenoxy) is 2. The molecule has 2 aromatic heterocycles. The van der Waals surface area contributed by atoms with E-state index >= 15 is 0 Å². The van der Waals surface area contributed by atoms with Crippen molar-refractivity contribution in [2.45, 2.75) is 26.0 Å². The molecular weight excluding hydrogens is 258 g/mol. The number of rotatable bonds is 5. The summed E-state index contributed by atoms with van der Waals surface area (Å²) in [6.07, 6.45) is 0.670. The molecule has 0 fully saturated rings. The molecule has 2 heterocycles. The van der Waals surface area contributed by atoms with Crippen molar-refractivity contribution in [2.75, 3.05) is 14.2 Å². The molecule has 0 radical (unpaired) electrons. The van der Waals surface area contributed by atoms with E-state index in [4.69, 9.17) is 9.47 Å². The fourth-order valence-electron chi connectivity index (χ4n) is 2.02. The van der Waals surface area contributed by atoms with Crippen LogP contribution < -0.4 is 9.47 Å². The van der Waals surface area contributed by atoms with Crippen LogP contribution in [0.3, 0.4) is 0 Å². The van der Waals surface area contributed by atoms with Crippen LogP contribution in [0.25, 0.3) is 0 Å². The lowest BCUT2D eigenvalue weighted by molar-refractivity contribution is 0.193. The quantitative estimate of drug-likeness (QED) is 0.904. The van der Waals surface area contributed by atoms with Gasteiger partial charge in [0.05, 0.1) is 26.1 Å². The first-order chi connectivity index (χ1) is 9.58. The molecular formula is C14H19N3O3. The van der Waals surface area contributed by atoms with Gasteiger partial charge in [0.15, 0.2) is 5.75 Å². The minimum atomic E-state index is -0.926. The van der Waals surface area contributed by atoms with E-state index in [2.05, 4.69) is 10.1 Å². The zero-order valence-corrected chi connectivity index (χ0v) is 12.1. The molecule has 0 spiro atoms. The lowest BCUT2D eigenvalue weighted by Gasteiger charge is -2.17. The SMILES string of the molecule is COc1cccc(C(O)c2c(OC)cnn2C(C)C)n1. The number of aliphatic hydroxyl groups is 1. The van der Waals surface area contributed by atoms with Gasteiger partial charge < -0.3 is 14.6 Å². The summed E-state index contributed by atoms with van der Waals surface area (Å²) in [5.41, 5.74) is 1.08. The summed E-state index contributed by atoms with van der Waals surface area (Å²) in [4.78, 5) is 4.25. The second kappa shape index (κ2) is 5.92. The summed E-state index contributed by atoms with van der Waals surface area (Å²) >= 11 is 0. The lowest BCUT2D eigenvalue weighted by Crippen LogP contribution is -2.14. The third-order valence-corrected chi connectivity index (χ3v) is 3.00. The molecule has 6 nitrogen and oxygen atoms in total. The topological polar surface area (TPSA) is 69.4 Å². The fourth-order valence-corrected chi connectivity index (χ4v) is 2.02. The summed E-state index contributed by atoms with van der Waals surface area (Å²) in [6.45, 7) is 3.98. The maximum atomic E-state index is 10.6. The molecule has 1 unspecified atom stereocenters. The van der Waals surface area contributed by atoms with Crippen LogP contribution in [0.4, 0.5) is 0 Å². The van der Waals surface area contributed by atoms with Crippen molar-refractivity contribution in [2.24, 2.45) is 0 Å². The van der Waals surface area contributed by atoms with Gasteiger partial charge in [-0.3, -0.25) is 4.68 Å². The Morgan fingerprint density at radius 2 is 1.95 bits per heavy atom. The van der Waals surface area contributed by atoms with Gasteiger partial charge in [-0.05, 0) is 19.9 Å². The Kier molecular flexibility index (Phi) is 4.24. The largest absolute Gasteiger partial charge is 0.493 e. The number of hydrogen-bond acceptors (Lipinski definition) is 5. The van der Waals surface area contributed by atoms with E-state index in [9.17, 15) is 5.11 Å². The first kappa shape index (κ1) is 14.3. The third-order valence-electron chi connectivity index (χ3n) is 3.00.